The van der Waals surface area contributed by atoms with Crippen LogP contribution in [-0.4, -0.2) is 13.2 Å². The van der Waals surface area contributed by atoms with Crippen molar-refractivity contribution in [2.45, 2.75) is 25.3 Å². The van der Waals surface area contributed by atoms with E-state index in [-0.39, 0.29) is 5.54 Å². The van der Waals surface area contributed by atoms with Gasteiger partial charge >= 0.3 is 0 Å². The van der Waals surface area contributed by atoms with E-state index in [1.807, 2.05) is 18.2 Å². The third-order valence-electron chi connectivity index (χ3n) is 3.52. The Kier molecular flexibility index (Phi) is 3.53. The summed E-state index contributed by atoms with van der Waals surface area (Å²) >= 11 is 6.01. The zero-order chi connectivity index (χ0) is 11.6. The second kappa shape index (κ2) is 4.74. The van der Waals surface area contributed by atoms with Crippen molar-refractivity contribution in [3.8, 4) is 0 Å². The number of rotatable bonds is 2. The van der Waals surface area contributed by atoms with Gasteiger partial charge in [0, 0.05) is 23.8 Å². The molecule has 0 saturated carbocycles. The second-order valence-electron chi connectivity index (χ2n) is 4.68. The van der Waals surface area contributed by atoms with E-state index in [9.17, 15) is 0 Å². The molecule has 1 aliphatic rings. The summed E-state index contributed by atoms with van der Waals surface area (Å²) in [6.07, 6.45) is 2.05. The number of halogens is 1. The van der Waals surface area contributed by atoms with Gasteiger partial charge in [0.2, 0.25) is 0 Å². The molecule has 0 aromatic heterocycles. The van der Waals surface area contributed by atoms with E-state index in [4.69, 9.17) is 22.1 Å². The summed E-state index contributed by atoms with van der Waals surface area (Å²) in [5.41, 5.74) is 7.27. The first-order valence-electron chi connectivity index (χ1n) is 5.73. The molecule has 0 bridgehead atoms. The number of ether oxygens (including phenoxy) is 1. The van der Waals surface area contributed by atoms with Crippen molar-refractivity contribution in [1.29, 1.82) is 0 Å². The maximum Gasteiger partial charge on any atom is 0.0469 e. The molecule has 2 nitrogen and oxygen atoms in total. The molecule has 1 unspecified atom stereocenters. The van der Waals surface area contributed by atoms with Crippen LogP contribution in [0.15, 0.2) is 24.3 Å². The molecule has 2 rings (SSSR count). The van der Waals surface area contributed by atoms with E-state index in [0.29, 0.717) is 5.92 Å². The fourth-order valence-electron chi connectivity index (χ4n) is 2.36. The van der Waals surface area contributed by atoms with E-state index < -0.39 is 0 Å². The maximum absolute atomic E-state index is 6.47. The van der Waals surface area contributed by atoms with E-state index in [2.05, 4.69) is 13.0 Å². The monoisotopic (exact) mass is 239 g/mol. The molecular formula is C13H18ClNO. The van der Waals surface area contributed by atoms with Gasteiger partial charge in [0.05, 0.1) is 0 Å². The molecule has 1 fully saturated rings. The predicted molar refractivity (Wildman–Crippen MR) is 66.5 cm³/mol. The van der Waals surface area contributed by atoms with Crippen LogP contribution in [0.1, 0.15) is 25.3 Å². The van der Waals surface area contributed by atoms with E-state index >= 15 is 0 Å². The number of nitrogens with two attached hydrogens (primary N) is 1. The van der Waals surface area contributed by atoms with Gasteiger partial charge in [-0.1, -0.05) is 23.7 Å². The van der Waals surface area contributed by atoms with Crippen molar-refractivity contribution in [1.82, 2.24) is 0 Å². The molecule has 3 heteroatoms. The van der Waals surface area contributed by atoms with Crippen molar-refractivity contribution in [3.63, 3.8) is 0 Å². The minimum Gasteiger partial charge on any atom is -0.381 e. The van der Waals surface area contributed by atoms with Gasteiger partial charge < -0.3 is 10.5 Å². The van der Waals surface area contributed by atoms with Crippen LogP contribution in [0, 0.1) is 5.92 Å². The van der Waals surface area contributed by atoms with Crippen molar-refractivity contribution in [2.24, 2.45) is 11.7 Å². The van der Waals surface area contributed by atoms with Crippen molar-refractivity contribution in [3.05, 3.63) is 34.9 Å². The minimum atomic E-state index is -0.311. The first-order chi connectivity index (χ1) is 7.60. The Bertz CT molecular complexity index is 359. The Morgan fingerprint density at radius 1 is 1.38 bits per heavy atom. The first kappa shape index (κ1) is 11.9. The second-order valence-corrected chi connectivity index (χ2v) is 5.12. The molecule has 0 amide bonds. The summed E-state index contributed by atoms with van der Waals surface area (Å²) < 4.78 is 5.37. The molecular weight excluding hydrogens is 222 g/mol. The van der Waals surface area contributed by atoms with Gasteiger partial charge in [-0.15, -0.1) is 0 Å². The SMILES string of the molecule is CC(N)(c1cccc(Cl)c1)C1CCOCC1. The maximum atomic E-state index is 6.47. The quantitative estimate of drug-likeness (QED) is 0.861. The van der Waals surface area contributed by atoms with Gasteiger partial charge in [-0.05, 0) is 43.4 Å². The highest BCUT2D eigenvalue weighted by atomic mass is 35.5. The fraction of sp³-hybridized carbons (Fsp3) is 0.538. The normalized spacial score (nSPS) is 21.7. The molecule has 88 valence electrons. The van der Waals surface area contributed by atoms with Crippen LogP contribution in [-0.2, 0) is 10.3 Å². The van der Waals surface area contributed by atoms with Crippen molar-refractivity contribution >= 4 is 11.6 Å². The molecule has 0 spiro atoms. The molecule has 1 aliphatic heterocycles. The molecule has 1 aromatic rings. The summed E-state index contributed by atoms with van der Waals surface area (Å²) in [5, 5.41) is 0.751. The first-order valence-corrected chi connectivity index (χ1v) is 6.11. The zero-order valence-electron chi connectivity index (χ0n) is 9.58. The standard InChI is InChI=1S/C13H18ClNO/c1-13(15,10-5-7-16-8-6-10)11-3-2-4-12(14)9-11/h2-4,9-10H,5-8,15H2,1H3. The Morgan fingerprint density at radius 3 is 2.69 bits per heavy atom. The fourth-order valence-corrected chi connectivity index (χ4v) is 2.55. The van der Waals surface area contributed by atoms with Gasteiger partial charge in [-0.3, -0.25) is 0 Å². The van der Waals surface area contributed by atoms with E-state index in [1.54, 1.807) is 0 Å². The lowest BCUT2D eigenvalue weighted by molar-refractivity contribution is 0.0412. The molecule has 0 radical (unpaired) electrons. The third kappa shape index (κ3) is 2.40. The Morgan fingerprint density at radius 2 is 2.06 bits per heavy atom. The number of benzene rings is 1. The molecule has 1 heterocycles. The third-order valence-corrected chi connectivity index (χ3v) is 3.75. The summed E-state index contributed by atoms with van der Waals surface area (Å²) in [6, 6.07) is 7.87. The molecule has 0 aliphatic carbocycles. The van der Waals surface area contributed by atoms with Crippen LogP contribution in [0.5, 0.6) is 0 Å². The predicted octanol–water partition coefficient (Wildman–Crippen LogP) is 2.94. The van der Waals surface area contributed by atoms with Gasteiger partial charge in [0.15, 0.2) is 0 Å². The highest BCUT2D eigenvalue weighted by molar-refractivity contribution is 6.30. The molecule has 1 aromatic carbocycles. The van der Waals surface area contributed by atoms with Crippen LogP contribution in [0.3, 0.4) is 0 Å². The molecule has 16 heavy (non-hydrogen) atoms. The summed E-state index contributed by atoms with van der Waals surface area (Å²) in [4.78, 5) is 0. The summed E-state index contributed by atoms with van der Waals surface area (Å²) in [6.45, 7) is 3.73. The van der Waals surface area contributed by atoms with E-state index in [1.165, 1.54) is 0 Å². The zero-order valence-corrected chi connectivity index (χ0v) is 10.3. The average molecular weight is 240 g/mol. The molecule has 1 saturated heterocycles. The van der Waals surface area contributed by atoms with Crippen LogP contribution in [0.4, 0.5) is 0 Å². The number of hydrogen-bond donors (Lipinski definition) is 1. The number of hydrogen-bond acceptors (Lipinski definition) is 2. The van der Waals surface area contributed by atoms with Gasteiger partial charge in [0.1, 0.15) is 0 Å². The van der Waals surface area contributed by atoms with Crippen LogP contribution >= 0.6 is 11.6 Å². The van der Waals surface area contributed by atoms with Crippen LogP contribution < -0.4 is 5.73 Å². The van der Waals surface area contributed by atoms with Gasteiger partial charge in [-0.2, -0.15) is 0 Å². The Labute approximate surface area is 102 Å². The Balaban J connectivity index is 2.22. The summed E-state index contributed by atoms with van der Waals surface area (Å²) in [7, 11) is 0. The topological polar surface area (TPSA) is 35.2 Å². The average Bonchev–Trinajstić information content (AvgIpc) is 2.30. The van der Waals surface area contributed by atoms with Crippen molar-refractivity contribution in [2.75, 3.05) is 13.2 Å². The highest BCUT2D eigenvalue weighted by Crippen LogP contribution is 2.34. The van der Waals surface area contributed by atoms with Crippen LogP contribution in [0.2, 0.25) is 5.02 Å². The van der Waals surface area contributed by atoms with Gasteiger partial charge in [0.25, 0.3) is 0 Å². The van der Waals surface area contributed by atoms with Crippen molar-refractivity contribution < 1.29 is 4.74 Å². The lowest BCUT2D eigenvalue weighted by Crippen LogP contribution is -2.43. The lowest BCUT2D eigenvalue weighted by Gasteiger charge is -2.37. The smallest absolute Gasteiger partial charge is 0.0469 e. The molecule has 2 N–H and O–H groups in total. The minimum absolute atomic E-state index is 0.311. The summed E-state index contributed by atoms with van der Waals surface area (Å²) in [5.74, 6) is 0.472. The van der Waals surface area contributed by atoms with Crippen LogP contribution in [0.25, 0.3) is 0 Å². The highest BCUT2D eigenvalue weighted by Gasteiger charge is 2.33. The molecule has 1 atom stereocenters. The van der Waals surface area contributed by atoms with E-state index in [0.717, 1.165) is 36.6 Å². The lowest BCUT2D eigenvalue weighted by atomic mass is 9.76. The van der Waals surface area contributed by atoms with Gasteiger partial charge in [-0.25, -0.2) is 0 Å². The largest absolute Gasteiger partial charge is 0.381 e. The Hall–Kier alpha value is -0.570.